The summed E-state index contributed by atoms with van der Waals surface area (Å²) in [4.78, 5) is 22.7. The van der Waals surface area contributed by atoms with Crippen LogP contribution in [0.1, 0.15) is 33.6 Å². The van der Waals surface area contributed by atoms with Crippen molar-refractivity contribution < 1.29 is 32.2 Å². The van der Waals surface area contributed by atoms with Gasteiger partial charge < -0.3 is 19.5 Å². The topological polar surface area (TPSA) is 120 Å². The van der Waals surface area contributed by atoms with Crippen molar-refractivity contribution in [2.75, 3.05) is 26.0 Å². The molecule has 0 spiro atoms. The Morgan fingerprint density at radius 1 is 1.25 bits per heavy atom. The van der Waals surface area contributed by atoms with Crippen LogP contribution in [0.2, 0.25) is 0 Å². The SMILES string of the molecule is COC(=O)CS(=O)(=O)NC[C@@H]1CC[C@@H](NC(=O)OC(C)(C)C)CO1. The fraction of sp³-hybridized carbons (Fsp3) is 0.857. The van der Waals surface area contributed by atoms with Gasteiger partial charge in [-0.15, -0.1) is 0 Å². The standard InChI is InChI=1S/C14H26N2O7S/c1-14(2,3)23-13(18)16-10-5-6-11(22-8-10)7-15-24(19,20)9-12(17)21-4/h10-11,15H,5-9H2,1-4H3,(H,16,18)/t10-,11+/m1/s1. The first kappa shape index (κ1) is 20.7. The van der Waals surface area contributed by atoms with Gasteiger partial charge in [0.2, 0.25) is 10.0 Å². The number of sulfonamides is 1. The van der Waals surface area contributed by atoms with Gasteiger partial charge in [0.05, 0.1) is 25.9 Å². The average Bonchev–Trinajstić information content (AvgIpc) is 2.44. The number of alkyl carbamates (subject to hydrolysis) is 1. The first-order chi connectivity index (χ1) is 11.0. The fourth-order valence-electron chi connectivity index (χ4n) is 2.04. The normalized spacial score (nSPS) is 21.8. The van der Waals surface area contributed by atoms with Gasteiger partial charge in [-0.25, -0.2) is 17.9 Å². The highest BCUT2D eigenvalue weighted by molar-refractivity contribution is 7.90. The number of carbonyl (C=O) groups excluding carboxylic acids is 2. The van der Waals surface area contributed by atoms with Crippen molar-refractivity contribution in [1.29, 1.82) is 0 Å². The molecule has 1 fully saturated rings. The first-order valence-electron chi connectivity index (χ1n) is 7.66. The van der Waals surface area contributed by atoms with Gasteiger partial charge in [0.25, 0.3) is 0 Å². The molecule has 0 aliphatic carbocycles. The summed E-state index contributed by atoms with van der Waals surface area (Å²) in [5.74, 6) is -1.55. The molecule has 1 aliphatic heterocycles. The van der Waals surface area contributed by atoms with Crippen molar-refractivity contribution in [3.8, 4) is 0 Å². The van der Waals surface area contributed by atoms with E-state index in [1.165, 1.54) is 0 Å². The molecule has 10 heteroatoms. The summed E-state index contributed by atoms with van der Waals surface area (Å²) in [6, 6.07) is -0.178. The van der Waals surface area contributed by atoms with E-state index in [0.717, 1.165) is 7.11 Å². The molecule has 0 aromatic carbocycles. The van der Waals surface area contributed by atoms with Crippen LogP contribution in [0.5, 0.6) is 0 Å². The highest BCUT2D eigenvalue weighted by Gasteiger charge is 2.26. The lowest BCUT2D eigenvalue weighted by Crippen LogP contribution is -2.47. The minimum absolute atomic E-state index is 0.0679. The predicted molar refractivity (Wildman–Crippen MR) is 85.9 cm³/mol. The van der Waals surface area contributed by atoms with Crippen molar-refractivity contribution in [3.63, 3.8) is 0 Å². The molecule has 0 aromatic rings. The maximum absolute atomic E-state index is 11.7. The molecule has 0 saturated carbocycles. The number of rotatable bonds is 6. The summed E-state index contributed by atoms with van der Waals surface area (Å²) in [5, 5.41) is 2.72. The average molecular weight is 366 g/mol. The Labute approximate surface area is 142 Å². The van der Waals surface area contributed by atoms with Crippen LogP contribution in [0.25, 0.3) is 0 Å². The van der Waals surface area contributed by atoms with E-state index in [-0.39, 0.29) is 25.3 Å². The molecule has 0 bridgehead atoms. The van der Waals surface area contributed by atoms with Crippen molar-refractivity contribution in [3.05, 3.63) is 0 Å². The predicted octanol–water partition coefficient (Wildman–Crippen LogP) is 0.151. The van der Waals surface area contributed by atoms with Gasteiger partial charge in [0.15, 0.2) is 5.75 Å². The van der Waals surface area contributed by atoms with E-state index < -0.39 is 33.4 Å². The number of hydrogen-bond acceptors (Lipinski definition) is 7. The largest absolute Gasteiger partial charge is 0.468 e. The van der Waals surface area contributed by atoms with Gasteiger partial charge in [0, 0.05) is 6.54 Å². The zero-order chi connectivity index (χ0) is 18.4. The van der Waals surface area contributed by atoms with Crippen molar-refractivity contribution in [2.45, 2.75) is 51.4 Å². The fourth-order valence-corrected chi connectivity index (χ4v) is 3.01. The van der Waals surface area contributed by atoms with Crippen LogP contribution in [0.4, 0.5) is 4.79 Å². The number of amides is 1. The van der Waals surface area contributed by atoms with Gasteiger partial charge in [0.1, 0.15) is 5.60 Å². The van der Waals surface area contributed by atoms with E-state index in [4.69, 9.17) is 9.47 Å². The molecule has 1 amide bonds. The van der Waals surface area contributed by atoms with E-state index in [1.54, 1.807) is 20.8 Å². The highest BCUT2D eigenvalue weighted by atomic mass is 32.2. The molecule has 0 radical (unpaired) electrons. The van der Waals surface area contributed by atoms with Crippen molar-refractivity contribution in [2.24, 2.45) is 0 Å². The summed E-state index contributed by atoms with van der Waals surface area (Å²) < 4.78 is 40.6. The number of esters is 1. The smallest absolute Gasteiger partial charge is 0.407 e. The van der Waals surface area contributed by atoms with Crippen LogP contribution in [0, 0.1) is 0 Å². The van der Waals surface area contributed by atoms with Crippen LogP contribution in [0.3, 0.4) is 0 Å². The molecule has 24 heavy (non-hydrogen) atoms. The Kier molecular flexibility index (Phi) is 7.43. The molecular weight excluding hydrogens is 340 g/mol. The lowest BCUT2D eigenvalue weighted by atomic mass is 10.1. The van der Waals surface area contributed by atoms with Crippen LogP contribution in [0.15, 0.2) is 0 Å². The third-order valence-corrected chi connectivity index (χ3v) is 4.38. The van der Waals surface area contributed by atoms with Crippen LogP contribution < -0.4 is 10.0 Å². The summed E-state index contributed by atoms with van der Waals surface area (Å²) >= 11 is 0. The van der Waals surface area contributed by atoms with E-state index in [0.29, 0.717) is 12.8 Å². The first-order valence-corrected chi connectivity index (χ1v) is 9.31. The minimum Gasteiger partial charge on any atom is -0.468 e. The molecule has 1 heterocycles. The van der Waals surface area contributed by atoms with Crippen LogP contribution >= 0.6 is 0 Å². The molecule has 2 atom stereocenters. The van der Waals surface area contributed by atoms with E-state index in [1.807, 2.05) is 0 Å². The molecule has 1 aliphatic rings. The Hall–Kier alpha value is -1.39. The van der Waals surface area contributed by atoms with Gasteiger partial charge in [-0.05, 0) is 33.6 Å². The Bertz CT molecular complexity index is 534. The molecule has 1 saturated heterocycles. The Morgan fingerprint density at radius 2 is 1.92 bits per heavy atom. The quantitative estimate of drug-likeness (QED) is 0.642. The molecule has 0 aromatic heterocycles. The lowest BCUT2D eigenvalue weighted by molar-refractivity contribution is -0.137. The second kappa shape index (κ2) is 8.63. The van der Waals surface area contributed by atoms with Gasteiger partial charge >= 0.3 is 12.1 Å². The van der Waals surface area contributed by atoms with Crippen molar-refractivity contribution >= 4 is 22.1 Å². The summed E-state index contributed by atoms with van der Waals surface area (Å²) in [5.41, 5.74) is -0.569. The molecule has 140 valence electrons. The zero-order valence-corrected chi connectivity index (χ0v) is 15.3. The summed E-state index contributed by atoms with van der Waals surface area (Å²) in [6.45, 7) is 5.67. The number of methoxy groups -OCH3 is 1. The molecule has 9 nitrogen and oxygen atoms in total. The van der Waals surface area contributed by atoms with E-state index >= 15 is 0 Å². The van der Waals surface area contributed by atoms with E-state index in [2.05, 4.69) is 14.8 Å². The maximum Gasteiger partial charge on any atom is 0.407 e. The van der Waals surface area contributed by atoms with Crippen LogP contribution in [-0.4, -0.2) is 64.2 Å². The van der Waals surface area contributed by atoms with Gasteiger partial charge in [-0.3, -0.25) is 4.79 Å². The minimum atomic E-state index is -3.74. The molecule has 2 N–H and O–H groups in total. The number of hydrogen-bond donors (Lipinski definition) is 2. The zero-order valence-electron chi connectivity index (χ0n) is 14.5. The maximum atomic E-state index is 11.7. The molecular formula is C14H26N2O7S. The van der Waals surface area contributed by atoms with Crippen molar-refractivity contribution in [1.82, 2.24) is 10.0 Å². The van der Waals surface area contributed by atoms with Gasteiger partial charge in [-0.2, -0.15) is 0 Å². The van der Waals surface area contributed by atoms with Crippen LogP contribution in [-0.2, 0) is 29.0 Å². The second-order valence-corrected chi connectivity index (χ2v) is 8.37. The number of carbonyl (C=O) groups is 2. The third-order valence-electron chi connectivity index (χ3n) is 3.16. The van der Waals surface area contributed by atoms with E-state index in [9.17, 15) is 18.0 Å². The third kappa shape index (κ3) is 8.46. The Balaban J connectivity index is 2.31. The summed E-state index contributed by atoms with van der Waals surface area (Å²) in [6.07, 6.45) is 0.395. The second-order valence-electron chi connectivity index (χ2n) is 6.56. The highest BCUT2D eigenvalue weighted by Crippen LogP contribution is 2.14. The Morgan fingerprint density at radius 3 is 2.42 bits per heavy atom. The van der Waals surface area contributed by atoms with Gasteiger partial charge in [-0.1, -0.05) is 0 Å². The molecule has 1 rings (SSSR count). The molecule has 0 unspecified atom stereocenters. The lowest BCUT2D eigenvalue weighted by Gasteiger charge is -2.30. The summed E-state index contributed by atoms with van der Waals surface area (Å²) in [7, 11) is -2.61. The number of nitrogens with one attached hydrogen (secondary N) is 2. The number of ether oxygens (including phenoxy) is 3. The monoisotopic (exact) mass is 366 g/mol.